The number of likely N-dealkylation sites (N-methyl/N-ethyl adjacent to an activating group) is 1. The molecule has 2 aromatic rings. The number of hydrogen-bond donors (Lipinski definition) is 6. The number of anilines is 1. The minimum absolute atomic E-state index is 0.158. The molecule has 0 saturated carbocycles. The average Bonchev–Trinajstić information content (AvgIpc) is 3.44. The van der Waals surface area contributed by atoms with Crippen molar-refractivity contribution in [2.75, 3.05) is 32.5 Å². The van der Waals surface area contributed by atoms with Crippen LogP contribution in [0.1, 0.15) is 45.7 Å². The third-order valence-electron chi connectivity index (χ3n) is 5.82. The number of hydrogen-bond acceptors (Lipinski definition) is 14. The molecule has 19 nitrogen and oxygen atoms in total. The summed E-state index contributed by atoms with van der Waals surface area (Å²) in [7, 11) is -7.26. The normalized spacial score (nSPS) is 23.6. The molecule has 0 spiro atoms. The molecular weight excluding hydrogens is 594 g/mol. The fraction of sp³-hybridized carbons (Fsp3) is 0.750. The lowest BCUT2D eigenvalue weighted by molar-refractivity contribution is -0.197. The van der Waals surface area contributed by atoms with Gasteiger partial charge in [0, 0.05) is 13.0 Å². The van der Waals surface area contributed by atoms with E-state index in [0.29, 0.717) is 36.6 Å². The van der Waals surface area contributed by atoms with Gasteiger partial charge in [0.05, 0.1) is 6.61 Å². The lowest BCUT2D eigenvalue weighted by Gasteiger charge is -2.27. The maximum atomic E-state index is 8.74. The number of ether oxygens (including phenoxy) is 3. The summed E-state index contributed by atoms with van der Waals surface area (Å²) in [5, 5.41) is 0. The third kappa shape index (κ3) is 11.2. The maximum Gasteiger partial charge on any atom is 0.394 e. The van der Waals surface area contributed by atoms with Gasteiger partial charge < -0.3 is 29.7 Å². The summed E-state index contributed by atoms with van der Waals surface area (Å²) in [6.07, 6.45) is 3.01. The monoisotopic (exact) mass is 631 g/mol. The quantitative estimate of drug-likeness (QED) is 0.117. The molecule has 4 rings (SSSR count). The Bertz CT molecular complexity index is 1310. The van der Waals surface area contributed by atoms with Gasteiger partial charge in [0.25, 0.3) is 0 Å². The Labute approximate surface area is 237 Å². The second-order valence-corrected chi connectivity index (χ2v) is 11.3. The lowest BCUT2D eigenvalue weighted by Crippen LogP contribution is -2.38. The van der Waals surface area contributed by atoms with E-state index < -0.39 is 32.8 Å². The molecule has 0 amide bonds. The standard InChI is InChI=1S/C20H33N7O4.2H2O4S/c1-5-13-25-14-17(21)23-11-24-18(14)27(13)19-16-15(30-20(2,3)31-16)12(29-19)10-26(4)8-6-7-9-28-22;2*1-5(2,3)4/h11-12,15-16,19H,5-10,22H2,1-4H3,(H2,21,23,24);2*(H2,1,2,3,4)/t12-,15-,16-,19-;;/m1../s1. The summed E-state index contributed by atoms with van der Waals surface area (Å²) in [6.45, 7) is 8.09. The minimum Gasteiger partial charge on any atom is -0.382 e. The van der Waals surface area contributed by atoms with Gasteiger partial charge in [-0.15, -0.1) is 0 Å². The average molecular weight is 632 g/mol. The molecule has 4 atom stereocenters. The zero-order valence-electron chi connectivity index (χ0n) is 22.9. The van der Waals surface area contributed by atoms with Crippen molar-refractivity contribution in [1.29, 1.82) is 0 Å². The van der Waals surface area contributed by atoms with Gasteiger partial charge in [-0.3, -0.25) is 22.8 Å². The van der Waals surface area contributed by atoms with E-state index in [1.807, 2.05) is 25.3 Å². The Morgan fingerprint density at radius 1 is 1.07 bits per heavy atom. The molecule has 0 bridgehead atoms. The predicted molar refractivity (Wildman–Crippen MR) is 142 cm³/mol. The van der Waals surface area contributed by atoms with E-state index in [-0.39, 0.29) is 18.3 Å². The predicted octanol–water partition coefficient (Wildman–Crippen LogP) is -0.315. The van der Waals surface area contributed by atoms with Crippen LogP contribution in [0.5, 0.6) is 0 Å². The fourth-order valence-electron chi connectivity index (χ4n) is 4.47. The fourth-order valence-corrected chi connectivity index (χ4v) is 4.47. The summed E-state index contributed by atoms with van der Waals surface area (Å²) in [5.41, 5.74) is 7.29. The molecular formula is C20H37N7O12S2. The van der Waals surface area contributed by atoms with Gasteiger partial charge in [0.1, 0.15) is 30.5 Å². The highest BCUT2D eigenvalue weighted by atomic mass is 32.3. The number of imidazole rings is 1. The molecule has 2 aliphatic rings. The number of rotatable bonds is 9. The number of aryl methyl sites for hydroxylation is 1. The number of nitrogen functional groups attached to an aromatic ring is 1. The van der Waals surface area contributed by atoms with Crippen molar-refractivity contribution in [3.05, 3.63) is 12.2 Å². The molecule has 21 heteroatoms. The largest absolute Gasteiger partial charge is 0.394 e. The zero-order chi connectivity index (χ0) is 31.2. The number of aromatic nitrogens is 4. The first-order chi connectivity index (χ1) is 18.8. The highest BCUT2D eigenvalue weighted by molar-refractivity contribution is 7.80. The van der Waals surface area contributed by atoms with Crippen molar-refractivity contribution in [3.8, 4) is 0 Å². The van der Waals surface area contributed by atoms with Crippen LogP contribution in [0.25, 0.3) is 11.2 Å². The second kappa shape index (κ2) is 14.3. The lowest BCUT2D eigenvalue weighted by atomic mass is 10.1. The van der Waals surface area contributed by atoms with Crippen LogP contribution < -0.4 is 11.6 Å². The van der Waals surface area contributed by atoms with Gasteiger partial charge in [-0.2, -0.15) is 16.8 Å². The van der Waals surface area contributed by atoms with Gasteiger partial charge in [0.15, 0.2) is 29.0 Å². The van der Waals surface area contributed by atoms with E-state index in [1.165, 1.54) is 6.33 Å². The molecule has 0 aliphatic carbocycles. The van der Waals surface area contributed by atoms with Crippen LogP contribution in [0.15, 0.2) is 6.33 Å². The molecule has 236 valence electrons. The summed E-state index contributed by atoms with van der Waals surface area (Å²) in [4.78, 5) is 20.1. The van der Waals surface area contributed by atoms with Crippen molar-refractivity contribution in [3.63, 3.8) is 0 Å². The van der Waals surface area contributed by atoms with E-state index in [2.05, 4.69) is 31.7 Å². The summed E-state index contributed by atoms with van der Waals surface area (Å²) in [5.74, 6) is 5.60. The van der Waals surface area contributed by atoms with Crippen molar-refractivity contribution >= 4 is 37.8 Å². The molecule has 0 aromatic carbocycles. The molecule has 8 N–H and O–H groups in total. The molecule has 2 saturated heterocycles. The van der Waals surface area contributed by atoms with E-state index in [0.717, 1.165) is 25.2 Å². The van der Waals surface area contributed by atoms with Gasteiger partial charge in [0.2, 0.25) is 0 Å². The summed E-state index contributed by atoms with van der Waals surface area (Å²) >= 11 is 0. The van der Waals surface area contributed by atoms with Crippen LogP contribution in [0.2, 0.25) is 0 Å². The van der Waals surface area contributed by atoms with Crippen LogP contribution in [-0.4, -0.2) is 110 Å². The molecule has 41 heavy (non-hydrogen) atoms. The van der Waals surface area contributed by atoms with Crippen molar-refractivity contribution < 1.29 is 54.1 Å². The zero-order valence-corrected chi connectivity index (χ0v) is 24.5. The number of nitrogens with two attached hydrogens (primary N) is 2. The van der Waals surface area contributed by atoms with Gasteiger partial charge in [-0.1, -0.05) is 6.92 Å². The van der Waals surface area contributed by atoms with E-state index in [9.17, 15) is 0 Å². The van der Waals surface area contributed by atoms with E-state index in [4.69, 9.17) is 60.9 Å². The van der Waals surface area contributed by atoms with Crippen molar-refractivity contribution in [2.24, 2.45) is 5.90 Å². The van der Waals surface area contributed by atoms with E-state index in [1.54, 1.807) is 0 Å². The van der Waals surface area contributed by atoms with Crippen LogP contribution in [0.3, 0.4) is 0 Å². The Kier molecular flexibility index (Phi) is 12.3. The summed E-state index contributed by atoms with van der Waals surface area (Å²) < 4.78 is 84.3. The SMILES string of the molecule is CCc1nc2c(N)ncnc2n1[C@@H]1O[C@H](CN(C)CCCCON)[C@H]2OC(C)(C)O[C@H]21.O=S(=O)(O)O.O=S(=O)(O)O. The topological polar surface area (TPSA) is 285 Å². The van der Waals surface area contributed by atoms with Crippen LogP contribution >= 0.6 is 0 Å². The Hall–Kier alpha value is -2.15. The van der Waals surface area contributed by atoms with Gasteiger partial charge in [-0.05, 0) is 40.3 Å². The number of fused-ring (bicyclic) bond motifs is 2. The first kappa shape index (κ1) is 35.0. The molecule has 4 heterocycles. The number of nitrogens with zero attached hydrogens (tertiary/aromatic N) is 5. The molecule has 2 aromatic heterocycles. The smallest absolute Gasteiger partial charge is 0.382 e. The Morgan fingerprint density at radius 2 is 1.66 bits per heavy atom. The first-order valence-electron chi connectivity index (χ1n) is 12.2. The summed E-state index contributed by atoms with van der Waals surface area (Å²) in [6, 6.07) is 0. The van der Waals surface area contributed by atoms with Crippen molar-refractivity contribution in [1.82, 2.24) is 24.4 Å². The minimum atomic E-state index is -4.67. The Morgan fingerprint density at radius 3 is 2.22 bits per heavy atom. The van der Waals surface area contributed by atoms with Crippen LogP contribution in [0, 0.1) is 0 Å². The molecule has 0 unspecified atom stereocenters. The van der Waals surface area contributed by atoms with Gasteiger partial charge >= 0.3 is 20.8 Å². The maximum absolute atomic E-state index is 8.74. The van der Waals surface area contributed by atoms with E-state index >= 15 is 0 Å². The molecule has 2 aliphatic heterocycles. The first-order valence-corrected chi connectivity index (χ1v) is 15.0. The number of unbranched alkanes of at least 4 members (excludes halogenated alkanes) is 1. The highest BCUT2D eigenvalue weighted by Crippen LogP contribution is 2.44. The molecule has 2 fully saturated rings. The Balaban J connectivity index is 0.000000507. The van der Waals surface area contributed by atoms with Gasteiger partial charge in [-0.25, -0.2) is 20.8 Å². The second-order valence-electron chi connectivity index (χ2n) is 9.55. The van der Waals surface area contributed by atoms with Crippen LogP contribution in [0.4, 0.5) is 5.82 Å². The van der Waals surface area contributed by atoms with Crippen molar-refractivity contribution in [2.45, 2.75) is 70.4 Å². The van der Waals surface area contributed by atoms with Crippen LogP contribution in [-0.2, 0) is 46.3 Å². The highest BCUT2D eigenvalue weighted by Gasteiger charge is 2.56. The third-order valence-corrected chi connectivity index (χ3v) is 5.82. The molecule has 0 radical (unpaired) electrons.